The predicted molar refractivity (Wildman–Crippen MR) is 76.5 cm³/mol. The van der Waals surface area contributed by atoms with Gasteiger partial charge in [0.1, 0.15) is 10.6 Å². The molecule has 2 heterocycles. The molecular formula is C12H18N4OS. The minimum atomic E-state index is -0.0298. The molecule has 0 saturated heterocycles. The van der Waals surface area contributed by atoms with Crippen LogP contribution in [-0.2, 0) is 0 Å². The number of aliphatic hydroxyl groups excluding tert-OH is 1. The molecule has 18 heavy (non-hydrogen) atoms. The summed E-state index contributed by atoms with van der Waals surface area (Å²) < 4.78 is 0. The lowest BCUT2D eigenvalue weighted by molar-refractivity contribution is 0.281. The van der Waals surface area contributed by atoms with Crippen LogP contribution in [0.25, 0.3) is 10.2 Å². The molecule has 0 radical (unpaired) electrons. The molecule has 0 fully saturated rings. The van der Waals surface area contributed by atoms with Crippen molar-refractivity contribution in [1.82, 2.24) is 9.97 Å². The van der Waals surface area contributed by atoms with E-state index in [1.807, 2.05) is 13.8 Å². The first kappa shape index (κ1) is 13.0. The van der Waals surface area contributed by atoms with Gasteiger partial charge < -0.3 is 15.7 Å². The lowest BCUT2D eigenvalue weighted by Crippen LogP contribution is -2.20. The number of nitrogens with one attached hydrogen (secondary N) is 2. The molecule has 1 unspecified atom stereocenters. The van der Waals surface area contributed by atoms with Gasteiger partial charge in [0.05, 0.1) is 12.0 Å². The number of aromatic nitrogens is 2. The Kier molecular flexibility index (Phi) is 3.98. The predicted octanol–water partition coefficient (Wildman–Crippen LogP) is 2.22. The van der Waals surface area contributed by atoms with Gasteiger partial charge in [-0.2, -0.15) is 4.98 Å². The molecule has 0 aliphatic heterocycles. The van der Waals surface area contributed by atoms with Crippen molar-refractivity contribution in [3.63, 3.8) is 0 Å². The van der Waals surface area contributed by atoms with Crippen molar-refractivity contribution in [2.45, 2.75) is 26.8 Å². The average molecular weight is 266 g/mol. The molecule has 0 aromatic carbocycles. The van der Waals surface area contributed by atoms with Crippen molar-refractivity contribution in [2.75, 3.05) is 23.8 Å². The van der Waals surface area contributed by atoms with Crippen LogP contribution in [0.15, 0.2) is 6.07 Å². The van der Waals surface area contributed by atoms with Gasteiger partial charge in [0, 0.05) is 17.5 Å². The Bertz CT molecular complexity index is 540. The maximum absolute atomic E-state index is 9.13. The second-order valence-corrected chi connectivity index (χ2v) is 5.46. The molecule has 5 nitrogen and oxygen atoms in total. The van der Waals surface area contributed by atoms with Crippen LogP contribution in [0, 0.1) is 6.92 Å². The fourth-order valence-electron chi connectivity index (χ4n) is 1.67. The summed E-state index contributed by atoms with van der Waals surface area (Å²) in [5.41, 5.74) is 0. The van der Waals surface area contributed by atoms with Crippen LogP contribution < -0.4 is 10.6 Å². The molecule has 2 rings (SSSR count). The lowest BCUT2D eigenvalue weighted by atomic mass is 10.3. The van der Waals surface area contributed by atoms with E-state index < -0.39 is 0 Å². The van der Waals surface area contributed by atoms with E-state index in [1.54, 1.807) is 11.3 Å². The summed E-state index contributed by atoms with van der Waals surface area (Å²) in [6, 6.07) is 2.04. The number of rotatable bonds is 5. The Morgan fingerprint density at radius 2 is 2.22 bits per heavy atom. The van der Waals surface area contributed by atoms with Crippen molar-refractivity contribution in [3.05, 3.63) is 10.9 Å². The molecular weight excluding hydrogens is 248 g/mol. The second-order valence-electron chi connectivity index (χ2n) is 4.23. The number of thiophene rings is 1. The van der Waals surface area contributed by atoms with Gasteiger partial charge >= 0.3 is 0 Å². The molecule has 0 bridgehead atoms. The van der Waals surface area contributed by atoms with E-state index in [1.165, 1.54) is 4.88 Å². The number of anilines is 2. The van der Waals surface area contributed by atoms with E-state index in [9.17, 15) is 0 Å². The summed E-state index contributed by atoms with van der Waals surface area (Å²) >= 11 is 1.65. The number of hydrogen-bond donors (Lipinski definition) is 3. The van der Waals surface area contributed by atoms with Gasteiger partial charge in [-0.1, -0.05) is 0 Å². The van der Waals surface area contributed by atoms with Crippen LogP contribution >= 0.6 is 11.3 Å². The summed E-state index contributed by atoms with van der Waals surface area (Å²) in [4.78, 5) is 11.1. The van der Waals surface area contributed by atoms with Crippen LogP contribution in [0.1, 0.15) is 18.7 Å². The minimum Gasteiger partial charge on any atom is -0.394 e. The topological polar surface area (TPSA) is 70.1 Å². The van der Waals surface area contributed by atoms with Gasteiger partial charge in [0.25, 0.3) is 0 Å². The third-order valence-electron chi connectivity index (χ3n) is 2.51. The van der Waals surface area contributed by atoms with E-state index in [0.717, 1.165) is 22.6 Å². The maximum Gasteiger partial charge on any atom is 0.226 e. The number of aryl methyl sites for hydroxylation is 1. The Labute approximate surface area is 110 Å². The van der Waals surface area contributed by atoms with Gasteiger partial charge in [0.2, 0.25) is 5.95 Å². The molecule has 98 valence electrons. The minimum absolute atomic E-state index is 0.0298. The van der Waals surface area contributed by atoms with Crippen molar-refractivity contribution in [1.29, 1.82) is 0 Å². The first-order valence-corrected chi connectivity index (χ1v) is 6.85. The highest BCUT2D eigenvalue weighted by atomic mass is 32.1. The molecule has 0 amide bonds. The molecule has 0 saturated carbocycles. The quantitative estimate of drug-likeness (QED) is 0.774. The Morgan fingerprint density at radius 1 is 1.44 bits per heavy atom. The maximum atomic E-state index is 9.13. The van der Waals surface area contributed by atoms with E-state index in [0.29, 0.717) is 5.95 Å². The van der Waals surface area contributed by atoms with Crippen LogP contribution in [-0.4, -0.2) is 34.3 Å². The fourth-order valence-corrected chi connectivity index (χ4v) is 2.55. The fraction of sp³-hybridized carbons (Fsp3) is 0.500. The first-order valence-electron chi connectivity index (χ1n) is 6.03. The van der Waals surface area contributed by atoms with Crippen molar-refractivity contribution in [3.8, 4) is 0 Å². The summed E-state index contributed by atoms with van der Waals surface area (Å²) in [7, 11) is 0. The van der Waals surface area contributed by atoms with Gasteiger partial charge in [-0.25, -0.2) is 4.98 Å². The molecule has 1 atom stereocenters. The molecule has 2 aromatic heterocycles. The first-order chi connectivity index (χ1) is 8.63. The van der Waals surface area contributed by atoms with E-state index >= 15 is 0 Å². The molecule has 2 aromatic rings. The van der Waals surface area contributed by atoms with Gasteiger partial charge in [-0.05, 0) is 26.8 Å². The largest absolute Gasteiger partial charge is 0.394 e. The Hall–Kier alpha value is -1.40. The van der Waals surface area contributed by atoms with Crippen molar-refractivity contribution in [2.24, 2.45) is 0 Å². The number of hydrogen-bond acceptors (Lipinski definition) is 6. The van der Waals surface area contributed by atoms with Crippen LogP contribution in [0.3, 0.4) is 0 Å². The third kappa shape index (κ3) is 2.70. The monoisotopic (exact) mass is 266 g/mol. The third-order valence-corrected chi connectivity index (χ3v) is 3.45. The molecule has 0 spiro atoms. The SMILES string of the molecule is CCNc1nc(NC(C)CO)c2cc(C)sc2n1. The molecule has 0 aliphatic carbocycles. The van der Waals surface area contributed by atoms with Gasteiger partial charge in [-0.15, -0.1) is 11.3 Å². The average Bonchev–Trinajstić information content (AvgIpc) is 2.70. The number of aliphatic hydroxyl groups is 1. The highest BCUT2D eigenvalue weighted by Crippen LogP contribution is 2.29. The van der Waals surface area contributed by atoms with E-state index in [-0.39, 0.29) is 12.6 Å². The zero-order valence-corrected chi connectivity index (χ0v) is 11.6. The van der Waals surface area contributed by atoms with Crippen LogP contribution in [0.5, 0.6) is 0 Å². The Balaban J connectivity index is 2.46. The van der Waals surface area contributed by atoms with E-state index in [2.05, 4.69) is 33.6 Å². The molecule has 6 heteroatoms. The number of fused-ring (bicyclic) bond motifs is 1. The normalized spacial score (nSPS) is 12.7. The van der Waals surface area contributed by atoms with Crippen LogP contribution in [0.4, 0.5) is 11.8 Å². The number of nitrogens with zero attached hydrogens (tertiary/aromatic N) is 2. The summed E-state index contributed by atoms with van der Waals surface area (Å²) in [5.74, 6) is 1.40. The molecule has 3 N–H and O–H groups in total. The highest BCUT2D eigenvalue weighted by Gasteiger charge is 2.11. The standard InChI is InChI=1S/C12H18N4OS/c1-4-13-12-15-10(14-7(2)6-17)9-5-8(3)18-11(9)16-12/h5,7,17H,4,6H2,1-3H3,(H2,13,14,15,16). The Morgan fingerprint density at radius 3 is 2.89 bits per heavy atom. The van der Waals surface area contributed by atoms with Crippen LogP contribution in [0.2, 0.25) is 0 Å². The second kappa shape index (κ2) is 5.49. The van der Waals surface area contributed by atoms with Gasteiger partial charge in [-0.3, -0.25) is 0 Å². The lowest BCUT2D eigenvalue weighted by Gasteiger charge is -2.13. The summed E-state index contributed by atoms with van der Waals surface area (Å²) in [5, 5.41) is 16.5. The van der Waals surface area contributed by atoms with Crippen molar-refractivity contribution >= 4 is 33.3 Å². The molecule has 0 aliphatic rings. The summed E-state index contributed by atoms with van der Waals surface area (Å²) in [6.07, 6.45) is 0. The highest BCUT2D eigenvalue weighted by molar-refractivity contribution is 7.18. The van der Waals surface area contributed by atoms with E-state index in [4.69, 9.17) is 5.11 Å². The summed E-state index contributed by atoms with van der Waals surface area (Å²) in [6.45, 7) is 6.84. The zero-order valence-electron chi connectivity index (χ0n) is 10.8. The smallest absolute Gasteiger partial charge is 0.226 e. The van der Waals surface area contributed by atoms with Gasteiger partial charge in [0.15, 0.2) is 0 Å². The van der Waals surface area contributed by atoms with Crippen molar-refractivity contribution < 1.29 is 5.11 Å². The zero-order chi connectivity index (χ0) is 13.1.